The minimum Gasteiger partial charge on any atom is -0.396 e. The molecule has 0 atom stereocenters. The van der Waals surface area contributed by atoms with E-state index >= 15 is 0 Å². The van der Waals surface area contributed by atoms with Gasteiger partial charge in [-0.2, -0.15) is 0 Å². The number of aryl methyl sites for hydroxylation is 1. The number of H-pyrrole nitrogens is 1. The van der Waals surface area contributed by atoms with Crippen LogP contribution in [0.4, 0.5) is 0 Å². The Balaban J connectivity index is 2.36. The summed E-state index contributed by atoms with van der Waals surface area (Å²) in [6.07, 6.45) is 0.800. The molecular weight excluding hydrogens is 204 g/mol. The first-order valence-corrected chi connectivity index (χ1v) is 5.46. The topological polar surface area (TPSA) is 48.0 Å². The van der Waals surface area contributed by atoms with Crippen LogP contribution in [0.15, 0.2) is 0 Å². The highest BCUT2D eigenvalue weighted by atomic mass is 32.1. The largest absolute Gasteiger partial charge is 0.396 e. The van der Waals surface area contributed by atoms with Crippen LogP contribution in [0.3, 0.4) is 0 Å². The van der Waals surface area contributed by atoms with E-state index in [4.69, 9.17) is 17.3 Å². The van der Waals surface area contributed by atoms with Crippen LogP contribution in [0.5, 0.6) is 0 Å². The van der Waals surface area contributed by atoms with E-state index in [1.54, 1.807) is 11.3 Å². The number of aromatic nitrogens is 1. The molecule has 0 radical (unpaired) electrons. The fourth-order valence-electron chi connectivity index (χ4n) is 1.01. The Kier molecular flexibility index (Phi) is 4.58. The van der Waals surface area contributed by atoms with Crippen molar-refractivity contribution >= 4 is 23.6 Å². The van der Waals surface area contributed by atoms with E-state index in [0.717, 1.165) is 29.2 Å². The first-order valence-electron chi connectivity index (χ1n) is 4.24. The predicted octanol–water partition coefficient (Wildman–Crippen LogP) is 1.59. The number of aromatic amines is 1. The lowest BCUT2D eigenvalue weighted by Gasteiger charge is -2.01. The molecule has 0 amide bonds. The molecule has 0 aliphatic carbocycles. The highest BCUT2D eigenvalue weighted by Gasteiger charge is 2.00. The third-order valence-electron chi connectivity index (χ3n) is 1.72. The third kappa shape index (κ3) is 3.56. The number of hydrogen-bond donors (Lipinski definition) is 3. The summed E-state index contributed by atoms with van der Waals surface area (Å²) in [5.41, 5.74) is 1.14. The lowest BCUT2D eigenvalue weighted by Crippen LogP contribution is -2.15. The quantitative estimate of drug-likeness (QED) is 0.519. The van der Waals surface area contributed by atoms with E-state index in [-0.39, 0.29) is 6.61 Å². The molecular formula is C8H14N2OS2. The van der Waals surface area contributed by atoms with Crippen LogP contribution in [0.2, 0.25) is 0 Å². The van der Waals surface area contributed by atoms with Gasteiger partial charge < -0.3 is 15.4 Å². The fraction of sp³-hybridized carbons (Fsp3) is 0.625. The summed E-state index contributed by atoms with van der Waals surface area (Å²) in [5.74, 6) is 0. The maximum absolute atomic E-state index is 8.56. The molecule has 0 fully saturated rings. The lowest BCUT2D eigenvalue weighted by atomic mass is 10.4. The first-order chi connectivity index (χ1) is 6.24. The van der Waals surface area contributed by atoms with E-state index in [2.05, 4.69) is 10.3 Å². The van der Waals surface area contributed by atoms with E-state index in [9.17, 15) is 0 Å². The Morgan fingerprint density at radius 3 is 2.92 bits per heavy atom. The summed E-state index contributed by atoms with van der Waals surface area (Å²) < 4.78 is 0.830. The van der Waals surface area contributed by atoms with Gasteiger partial charge in [0.05, 0.1) is 0 Å². The summed E-state index contributed by atoms with van der Waals surface area (Å²) >= 11 is 6.62. The number of aliphatic hydroxyl groups is 1. The molecule has 74 valence electrons. The standard InChI is InChI=1S/C8H14N2OS2/c1-6-7(13-8(12)10-6)5-9-3-2-4-11/h9,11H,2-5H2,1H3,(H,10,12). The Labute approximate surface area is 86.8 Å². The molecule has 0 aliphatic rings. The second-order valence-corrected chi connectivity index (χ2v) is 4.59. The van der Waals surface area contributed by atoms with Crippen molar-refractivity contribution in [1.29, 1.82) is 0 Å². The van der Waals surface area contributed by atoms with E-state index in [1.807, 2.05) is 6.92 Å². The molecule has 1 aromatic rings. The van der Waals surface area contributed by atoms with Gasteiger partial charge in [-0.3, -0.25) is 0 Å². The van der Waals surface area contributed by atoms with Gasteiger partial charge in [0.1, 0.15) is 0 Å². The smallest absolute Gasteiger partial charge is 0.158 e. The van der Waals surface area contributed by atoms with Crippen LogP contribution in [0, 0.1) is 10.9 Å². The van der Waals surface area contributed by atoms with Crippen LogP contribution >= 0.6 is 23.6 Å². The van der Waals surface area contributed by atoms with Crippen LogP contribution in [-0.4, -0.2) is 23.2 Å². The molecule has 0 bridgehead atoms. The van der Waals surface area contributed by atoms with Crippen LogP contribution in [-0.2, 0) is 6.54 Å². The summed E-state index contributed by atoms with van der Waals surface area (Å²) in [6.45, 7) is 3.95. The van der Waals surface area contributed by atoms with Crippen molar-refractivity contribution in [3.8, 4) is 0 Å². The Morgan fingerprint density at radius 2 is 2.38 bits per heavy atom. The molecule has 3 nitrogen and oxygen atoms in total. The molecule has 13 heavy (non-hydrogen) atoms. The van der Waals surface area contributed by atoms with Crippen LogP contribution < -0.4 is 5.32 Å². The Bertz CT molecular complexity index is 305. The van der Waals surface area contributed by atoms with Gasteiger partial charge >= 0.3 is 0 Å². The van der Waals surface area contributed by atoms with Crippen molar-refractivity contribution in [1.82, 2.24) is 10.3 Å². The lowest BCUT2D eigenvalue weighted by molar-refractivity contribution is 0.286. The van der Waals surface area contributed by atoms with Gasteiger partial charge in [0.15, 0.2) is 3.95 Å². The molecule has 1 rings (SSSR count). The average molecular weight is 218 g/mol. The first kappa shape index (κ1) is 10.8. The maximum atomic E-state index is 8.56. The summed E-state index contributed by atoms with van der Waals surface area (Å²) in [6, 6.07) is 0. The zero-order chi connectivity index (χ0) is 9.68. The van der Waals surface area contributed by atoms with Crippen molar-refractivity contribution in [3.05, 3.63) is 14.5 Å². The molecule has 1 heterocycles. The van der Waals surface area contributed by atoms with Crippen molar-refractivity contribution in [3.63, 3.8) is 0 Å². The molecule has 5 heteroatoms. The van der Waals surface area contributed by atoms with Crippen molar-refractivity contribution in [2.24, 2.45) is 0 Å². The highest BCUT2D eigenvalue weighted by Crippen LogP contribution is 2.13. The minimum absolute atomic E-state index is 0.245. The minimum atomic E-state index is 0.245. The highest BCUT2D eigenvalue weighted by molar-refractivity contribution is 7.73. The molecule has 0 aliphatic heterocycles. The van der Waals surface area contributed by atoms with Gasteiger partial charge in [-0.05, 0) is 32.1 Å². The monoisotopic (exact) mass is 218 g/mol. The molecule has 0 aromatic carbocycles. The van der Waals surface area contributed by atoms with Gasteiger partial charge in [0, 0.05) is 23.7 Å². The molecule has 0 spiro atoms. The zero-order valence-corrected chi connectivity index (χ0v) is 9.23. The zero-order valence-electron chi connectivity index (χ0n) is 7.59. The van der Waals surface area contributed by atoms with Crippen LogP contribution in [0.25, 0.3) is 0 Å². The van der Waals surface area contributed by atoms with E-state index < -0.39 is 0 Å². The SMILES string of the molecule is Cc1[nH]c(=S)sc1CNCCCO. The summed E-state index contributed by atoms with van der Waals surface area (Å²) in [4.78, 5) is 4.35. The Morgan fingerprint density at radius 1 is 1.62 bits per heavy atom. The third-order valence-corrected chi connectivity index (χ3v) is 3.06. The average Bonchev–Trinajstić information content (AvgIpc) is 2.39. The molecule has 0 saturated heterocycles. The number of nitrogens with one attached hydrogen (secondary N) is 2. The predicted molar refractivity (Wildman–Crippen MR) is 57.7 cm³/mol. The van der Waals surface area contributed by atoms with Gasteiger partial charge in [-0.25, -0.2) is 0 Å². The Hall–Kier alpha value is -0.230. The van der Waals surface area contributed by atoms with Crippen molar-refractivity contribution in [2.45, 2.75) is 19.9 Å². The molecule has 1 aromatic heterocycles. The number of aliphatic hydroxyl groups excluding tert-OH is 1. The second kappa shape index (κ2) is 5.49. The molecule has 0 unspecified atom stereocenters. The number of thiazole rings is 1. The number of hydrogen-bond acceptors (Lipinski definition) is 4. The van der Waals surface area contributed by atoms with E-state index in [0.29, 0.717) is 0 Å². The molecule has 0 saturated carbocycles. The summed E-state index contributed by atoms with van der Waals surface area (Å²) in [5, 5.41) is 11.8. The van der Waals surface area contributed by atoms with E-state index in [1.165, 1.54) is 4.88 Å². The van der Waals surface area contributed by atoms with Crippen molar-refractivity contribution in [2.75, 3.05) is 13.2 Å². The van der Waals surface area contributed by atoms with Crippen molar-refractivity contribution < 1.29 is 5.11 Å². The van der Waals surface area contributed by atoms with Gasteiger partial charge in [0.25, 0.3) is 0 Å². The van der Waals surface area contributed by atoms with Gasteiger partial charge in [-0.1, -0.05) is 0 Å². The number of rotatable bonds is 5. The fourth-order valence-corrected chi connectivity index (χ4v) is 2.27. The second-order valence-electron chi connectivity index (χ2n) is 2.82. The van der Waals surface area contributed by atoms with Gasteiger partial charge in [-0.15, -0.1) is 11.3 Å². The van der Waals surface area contributed by atoms with Gasteiger partial charge in [0.2, 0.25) is 0 Å². The molecule has 3 N–H and O–H groups in total. The van der Waals surface area contributed by atoms with Crippen LogP contribution in [0.1, 0.15) is 17.0 Å². The summed E-state index contributed by atoms with van der Waals surface area (Å²) in [7, 11) is 0. The normalized spacial score (nSPS) is 10.6. The maximum Gasteiger partial charge on any atom is 0.158 e.